The van der Waals surface area contributed by atoms with E-state index in [0.29, 0.717) is 12.5 Å². The van der Waals surface area contributed by atoms with Crippen LogP contribution in [0.4, 0.5) is 0 Å². The molecule has 1 aromatic heterocycles. The van der Waals surface area contributed by atoms with Crippen LogP contribution >= 0.6 is 11.3 Å². The lowest BCUT2D eigenvalue weighted by Gasteiger charge is -2.34. The molecule has 2 aromatic rings. The van der Waals surface area contributed by atoms with E-state index in [1.54, 1.807) is 11.3 Å². The maximum absolute atomic E-state index is 6.10. The first-order valence-corrected chi connectivity index (χ1v) is 10.0. The van der Waals surface area contributed by atoms with Gasteiger partial charge >= 0.3 is 0 Å². The van der Waals surface area contributed by atoms with Crippen LogP contribution in [0.25, 0.3) is 0 Å². The normalized spacial score (nSPS) is 17.2. The van der Waals surface area contributed by atoms with E-state index in [9.17, 15) is 0 Å². The Balaban J connectivity index is 1.60. The second-order valence-corrected chi connectivity index (χ2v) is 7.59. The van der Waals surface area contributed by atoms with Crippen LogP contribution < -0.4 is 11.1 Å². The van der Waals surface area contributed by atoms with E-state index >= 15 is 0 Å². The molecule has 3 N–H and O–H groups in total. The lowest BCUT2D eigenvalue weighted by atomic mass is 10.0. The Morgan fingerprint density at radius 1 is 1.31 bits per heavy atom. The molecule has 0 bridgehead atoms. The quantitative estimate of drug-likeness (QED) is 0.579. The number of hydrogen-bond acceptors (Lipinski definition) is 4. The number of nitrogens with one attached hydrogen (secondary N) is 1. The molecule has 3 rings (SSSR count). The Labute approximate surface area is 159 Å². The highest BCUT2D eigenvalue weighted by Gasteiger charge is 2.22. The van der Waals surface area contributed by atoms with Crippen LogP contribution in [0, 0.1) is 6.92 Å². The van der Waals surface area contributed by atoms with Crippen LogP contribution in [0.15, 0.2) is 46.8 Å². The largest absolute Gasteiger partial charge is 0.379 e. The van der Waals surface area contributed by atoms with Gasteiger partial charge in [0, 0.05) is 24.5 Å². The highest BCUT2D eigenvalue weighted by atomic mass is 32.1. The number of thiophene rings is 1. The van der Waals surface area contributed by atoms with Gasteiger partial charge in [0.15, 0.2) is 5.96 Å². The van der Waals surface area contributed by atoms with Crippen molar-refractivity contribution in [1.82, 2.24) is 10.2 Å². The molecule has 0 aliphatic carbocycles. The molecule has 1 fully saturated rings. The van der Waals surface area contributed by atoms with Gasteiger partial charge in [-0.3, -0.25) is 9.89 Å². The highest BCUT2D eigenvalue weighted by Crippen LogP contribution is 2.23. The van der Waals surface area contributed by atoms with Gasteiger partial charge in [-0.2, -0.15) is 0 Å². The van der Waals surface area contributed by atoms with Crippen LogP contribution in [0.2, 0.25) is 0 Å². The van der Waals surface area contributed by atoms with Crippen molar-refractivity contribution in [3.8, 4) is 0 Å². The standard InChI is InChI=1S/C20H28N4OS/c1-16-4-2-5-17(14-16)19(24-9-11-25-12-10-24)15-23-20(21)22-8-7-18-6-3-13-26-18/h2-6,13-14,19H,7-12,15H2,1H3,(H3,21,22,23). The number of nitrogens with zero attached hydrogens (tertiary/aromatic N) is 2. The van der Waals surface area contributed by atoms with Gasteiger partial charge in [-0.05, 0) is 30.4 Å². The molecular weight excluding hydrogens is 344 g/mol. The molecule has 1 aliphatic heterocycles. The number of rotatable bonds is 7. The van der Waals surface area contributed by atoms with Gasteiger partial charge in [0.1, 0.15) is 0 Å². The fourth-order valence-corrected chi connectivity index (χ4v) is 3.92. The summed E-state index contributed by atoms with van der Waals surface area (Å²) in [5.41, 5.74) is 8.66. The number of hydrogen-bond donors (Lipinski definition) is 2. The van der Waals surface area contributed by atoms with Gasteiger partial charge in [-0.15, -0.1) is 11.3 Å². The van der Waals surface area contributed by atoms with Crippen LogP contribution in [0.5, 0.6) is 0 Å². The van der Waals surface area contributed by atoms with Crippen LogP contribution in [-0.2, 0) is 11.2 Å². The molecule has 1 saturated heterocycles. The summed E-state index contributed by atoms with van der Waals surface area (Å²) in [5.74, 6) is 0.521. The third kappa shape index (κ3) is 5.56. The van der Waals surface area contributed by atoms with E-state index < -0.39 is 0 Å². The first-order chi connectivity index (χ1) is 12.7. The SMILES string of the molecule is Cc1cccc(C(CN=C(N)NCCc2cccs2)N2CCOCC2)c1. The second-order valence-electron chi connectivity index (χ2n) is 6.56. The fourth-order valence-electron chi connectivity index (χ4n) is 3.21. The molecule has 26 heavy (non-hydrogen) atoms. The molecule has 1 aliphatic rings. The molecular formula is C20H28N4OS. The number of ether oxygens (including phenoxy) is 1. The molecule has 1 aromatic carbocycles. The van der Waals surface area contributed by atoms with Gasteiger partial charge in [-0.25, -0.2) is 0 Å². The molecule has 1 unspecified atom stereocenters. The predicted molar refractivity (Wildman–Crippen MR) is 109 cm³/mol. The molecule has 6 heteroatoms. The average molecular weight is 373 g/mol. The molecule has 0 saturated carbocycles. The minimum atomic E-state index is 0.233. The summed E-state index contributed by atoms with van der Waals surface area (Å²) in [6, 6.07) is 13.1. The fraction of sp³-hybridized carbons (Fsp3) is 0.450. The van der Waals surface area contributed by atoms with Crippen molar-refractivity contribution < 1.29 is 4.74 Å². The topological polar surface area (TPSA) is 62.9 Å². The average Bonchev–Trinajstić information content (AvgIpc) is 3.16. The van der Waals surface area contributed by atoms with Crippen LogP contribution in [0.3, 0.4) is 0 Å². The zero-order valence-electron chi connectivity index (χ0n) is 15.4. The number of guanidine groups is 1. The summed E-state index contributed by atoms with van der Waals surface area (Å²) < 4.78 is 5.51. The molecule has 5 nitrogen and oxygen atoms in total. The Morgan fingerprint density at radius 3 is 2.88 bits per heavy atom. The summed E-state index contributed by atoms with van der Waals surface area (Å²) in [7, 11) is 0. The number of aryl methyl sites for hydroxylation is 1. The van der Waals surface area contributed by atoms with Crippen molar-refractivity contribution in [2.24, 2.45) is 10.7 Å². The van der Waals surface area contributed by atoms with E-state index in [1.165, 1.54) is 16.0 Å². The highest BCUT2D eigenvalue weighted by molar-refractivity contribution is 7.09. The van der Waals surface area contributed by atoms with Crippen molar-refractivity contribution in [2.45, 2.75) is 19.4 Å². The predicted octanol–water partition coefficient (Wildman–Crippen LogP) is 2.58. The minimum absolute atomic E-state index is 0.233. The summed E-state index contributed by atoms with van der Waals surface area (Å²) in [4.78, 5) is 8.43. The molecule has 1 atom stereocenters. The number of nitrogens with two attached hydrogens (primary N) is 1. The Morgan fingerprint density at radius 2 is 2.15 bits per heavy atom. The summed E-state index contributed by atoms with van der Waals surface area (Å²) in [5, 5.41) is 5.33. The zero-order chi connectivity index (χ0) is 18.2. The van der Waals surface area contributed by atoms with E-state index in [-0.39, 0.29) is 6.04 Å². The van der Waals surface area contributed by atoms with E-state index in [2.05, 4.69) is 63.9 Å². The molecule has 0 spiro atoms. The summed E-state index contributed by atoms with van der Waals surface area (Å²) in [6.45, 7) is 7.01. The molecule has 0 radical (unpaired) electrons. The van der Waals surface area contributed by atoms with Gasteiger partial charge in [0.05, 0.1) is 25.8 Å². The summed E-state index contributed by atoms with van der Waals surface area (Å²) >= 11 is 1.77. The first kappa shape index (κ1) is 18.9. The smallest absolute Gasteiger partial charge is 0.188 e. The lowest BCUT2D eigenvalue weighted by molar-refractivity contribution is 0.0180. The zero-order valence-corrected chi connectivity index (χ0v) is 16.2. The van der Waals surface area contributed by atoms with E-state index in [0.717, 1.165) is 39.3 Å². The van der Waals surface area contributed by atoms with Crippen molar-refractivity contribution in [1.29, 1.82) is 0 Å². The van der Waals surface area contributed by atoms with Crippen molar-refractivity contribution in [3.05, 3.63) is 57.8 Å². The lowest BCUT2D eigenvalue weighted by Crippen LogP contribution is -2.41. The van der Waals surface area contributed by atoms with Crippen molar-refractivity contribution in [3.63, 3.8) is 0 Å². The third-order valence-corrected chi connectivity index (χ3v) is 5.54. The van der Waals surface area contributed by atoms with Crippen molar-refractivity contribution >= 4 is 17.3 Å². The molecule has 140 valence electrons. The Kier molecular flexibility index (Phi) is 7.05. The molecule has 0 amide bonds. The van der Waals surface area contributed by atoms with Crippen LogP contribution in [-0.4, -0.2) is 50.3 Å². The first-order valence-electron chi connectivity index (χ1n) is 9.17. The number of benzene rings is 1. The van der Waals surface area contributed by atoms with Gasteiger partial charge in [0.2, 0.25) is 0 Å². The Hall–Kier alpha value is -1.89. The third-order valence-electron chi connectivity index (χ3n) is 4.61. The minimum Gasteiger partial charge on any atom is -0.379 e. The van der Waals surface area contributed by atoms with Gasteiger partial charge in [0.25, 0.3) is 0 Å². The Bertz CT molecular complexity index is 696. The maximum Gasteiger partial charge on any atom is 0.188 e. The van der Waals surface area contributed by atoms with Crippen LogP contribution in [0.1, 0.15) is 22.0 Å². The van der Waals surface area contributed by atoms with E-state index in [4.69, 9.17) is 10.5 Å². The van der Waals surface area contributed by atoms with Gasteiger partial charge < -0.3 is 15.8 Å². The number of morpholine rings is 1. The van der Waals surface area contributed by atoms with Crippen molar-refractivity contribution in [2.75, 3.05) is 39.4 Å². The second kappa shape index (κ2) is 9.71. The summed E-state index contributed by atoms with van der Waals surface area (Å²) in [6.07, 6.45) is 0.971. The molecule has 2 heterocycles. The van der Waals surface area contributed by atoms with E-state index in [1.807, 2.05) is 0 Å². The van der Waals surface area contributed by atoms with Gasteiger partial charge in [-0.1, -0.05) is 35.9 Å². The number of aliphatic imine (C=N–C) groups is 1. The maximum atomic E-state index is 6.10. The monoisotopic (exact) mass is 372 g/mol.